The largest absolute Gasteiger partial charge is 0.449 e. The molecule has 0 unspecified atom stereocenters. The van der Waals surface area contributed by atoms with Crippen molar-refractivity contribution in [2.24, 2.45) is 5.73 Å². The van der Waals surface area contributed by atoms with E-state index in [4.69, 9.17) is 5.73 Å². The summed E-state index contributed by atoms with van der Waals surface area (Å²) in [6.07, 6.45) is -5.51. The summed E-state index contributed by atoms with van der Waals surface area (Å²) < 4.78 is 82.1. The SMILES string of the molecule is N[C@H](CC(=O)N1CCn2c(C(F)(F)F)nc(C(=O)N3CCSC3)c2C1)C(=O)c1cc(F)c(F)cc1F. The van der Waals surface area contributed by atoms with Crippen LogP contribution in [0.3, 0.4) is 0 Å². The number of fused-ring (bicyclic) bond motifs is 1. The van der Waals surface area contributed by atoms with Crippen molar-refractivity contribution in [3.8, 4) is 0 Å². The van der Waals surface area contributed by atoms with Gasteiger partial charge in [0.05, 0.1) is 29.7 Å². The quantitative estimate of drug-likeness (QED) is 0.359. The van der Waals surface area contributed by atoms with Gasteiger partial charge < -0.3 is 20.1 Å². The summed E-state index contributed by atoms with van der Waals surface area (Å²) in [6.45, 7) is -0.563. The molecule has 1 aromatic carbocycles. The summed E-state index contributed by atoms with van der Waals surface area (Å²) in [4.78, 5) is 44.1. The minimum atomic E-state index is -4.83. The molecule has 2 aliphatic rings. The van der Waals surface area contributed by atoms with Gasteiger partial charge in [-0.05, 0) is 6.07 Å². The number of rotatable bonds is 5. The topological polar surface area (TPSA) is 102 Å². The second-order valence-corrected chi connectivity index (χ2v) is 9.30. The first-order valence-corrected chi connectivity index (χ1v) is 11.8. The van der Waals surface area contributed by atoms with Gasteiger partial charge in [-0.25, -0.2) is 18.2 Å². The number of thioether (sulfide) groups is 1. The van der Waals surface area contributed by atoms with Crippen molar-refractivity contribution < 1.29 is 40.7 Å². The van der Waals surface area contributed by atoms with Gasteiger partial charge in [0.2, 0.25) is 11.7 Å². The lowest BCUT2D eigenvalue weighted by molar-refractivity contribution is -0.148. The smallest absolute Gasteiger partial charge is 0.335 e. The molecule has 1 aromatic heterocycles. The molecule has 4 rings (SSSR count). The van der Waals surface area contributed by atoms with Gasteiger partial charge in [-0.15, -0.1) is 11.8 Å². The van der Waals surface area contributed by atoms with Crippen LogP contribution in [0.1, 0.15) is 38.8 Å². The van der Waals surface area contributed by atoms with Crippen LogP contribution in [0.15, 0.2) is 12.1 Å². The summed E-state index contributed by atoms with van der Waals surface area (Å²) in [5.74, 6) is -7.25. The second kappa shape index (κ2) is 9.76. The molecule has 1 saturated heterocycles. The molecule has 2 aromatic rings. The van der Waals surface area contributed by atoms with E-state index in [1.807, 2.05) is 0 Å². The van der Waals surface area contributed by atoms with E-state index in [0.717, 1.165) is 9.47 Å². The van der Waals surface area contributed by atoms with Crippen LogP contribution in [-0.2, 0) is 24.1 Å². The van der Waals surface area contributed by atoms with Crippen LogP contribution >= 0.6 is 11.8 Å². The Morgan fingerprint density at radius 1 is 1.03 bits per heavy atom. The molecular weight excluding hydrogens is 516 g/mol. The Balaban J connectivity index is 1.54. The Hall–Kier alpha value is -3.07. The average molecular weight is 535 g/mol. The Labute approximate surface area is 204 Å². The Bertz CT molecular complexity index is 1230. The molecular formula is C21H19F6N5O3S. The molecule has 0 radical (unpaired) electrons. The first-order valence-electron chi connectivity index (χ1n) is 10.6. The number of aromatic nitrogens is 2. The standard InChI is InChI=1S/C21H19F6N5O3S/c22-11-6-13(24)12(23)5-10(11)18(34)14(28)7-16(33)30-1-2-32-15(8-30)17(29-20(32)21(25,26)27)19(35)31-3-4-36-9-31/h5-6,14H,1-4,7-9,28H2/t14-/m1/s1. The normalized spacial score (nSPS) is 16.8. The number of nitrogens with zero attached hydrogens (tertiary/aromatic N) is 4. The number of hydrogen-bond donors (Lipinski definition) is 1. The van der Waals surface area contributed by atoms with Crippen molar-refractivity contribution in [1.82, 2.24) is 19.4 Å². The van der Waals surface area contributed by atoms with Crippen molar-refractivity contribution in [3.05, 3.63) is 52.4 Å². The van der Waals surface area contributed by atoms with Gasteiger partial charge in [-0.1, -0.05) is 0 Å². The minimum absolute atomic E-state index is 0.102. The van der Waals surface area contributed by atoms with E-state index in [0.29, 0.717) is 24.2 Å². The van der Waals surface area contributed by atoms with E-state index < -0.39 is 77.3 Å². The molecule has 8 nitrogen and oxygen atoms in total. The molecule has 36 heavy (non-hydrogen) atoms. The highest BCUT2D eigenvalue weighted by atomic mass is 32.2. The molecule has 2 amide bonds. The molecule has 15 heteroatoms. The zero-order chi connectivity index (χ0) is 26.4. The van der Waals surface area contributed by atoms with Crippen molar-refractivity contribution in [1.29, 1.82) is 0 Å². The van der Waals surface area contributed by atoms with E-state index in [1.54, 1.807) is 0 Å². The second-order valence-electron chi connectivity index (χ2n) is 8.22. The molecule has 2 N–H and O–H groups in total. The molecule has 2 aliphatic heterocycles. The van der Waals surface area contributed by atoms with E-state index in [2.05, 4.69) is 4.98 Å². The number of hydrogen-bond acceptors (Lipinski definition) is 6. The van der Waals surface area contributed by atoms with Gasteiger partial charge >= 0.3 is 6.18 Å². The zero-order valence-electron chi connectivity index (χ0n) is 18.4. The van der Waals surface area contributed by atoms with Crippen molar-refractivity contribution in [3.63, 3.8) is 0 Å². The summed E-state index contributed by atoms with van der Waals surface area (Å²) in [5, 5.41) is 0. The first-order chi connectivity index (χ1) is 16.9. The number of ketones is 1. The first kappa shape index (κ1) is 26.0. The van der Waals surface area contributed by atoms with E-state index in [1.165, 1.54) is 16.7 Å². The predicted molar refractivity (Wildman–Crippen MR) is 114 cm³/mol. The molecule has 194 valence electrons. The van der Waals surface area contributed by atoms with Gasteiger partial charge in [-0.2, -0.15) is 13.2 Å². The Morgan fingerprint density at radius 3 is 2.36 bits per heavy atom. The van der Waals surface area contributed by atoms with Gasteiger partial charge in [0.25, 0.3) is 5.91 Å². The molecule has 0 aliphatic carbocycles. The number of carbonyl (C=O) groups excluding carboxylic acids is 3. The molecule has 1 atom stereocenters. The van der Waals surface area contributed by atoms with Crippen LogP contribution in [0.4, 0.5) is 26.3 Å². The fraction of sp³-hybridized carbons (Fsp3) is 0.429. The fourth-order valence-corrected chi connectivity index (χ4v) is 4.96. The minimum Gasteiger partial charge on any atom is -0.335 e. The van der Waals surface area contributed by atoms with E-state index in [-0.39, 0.29) is 24.8 Å². The highest BCUT2D eigenvalue weighted by Gasteiger charge is 2.42. The van der Waals surface area contributed by atoms with Gasteiger partial charge in [0.1, 0.15) is 5.82 Å². The molecule has 0 bridgehead atoms. The summed E-state index contributed by atoms with van der Waals surface area (Å²) in [5.41, 5.74) is 4.37. The average Bonchev–Trinajstić information content (AvgIpc) is 3.48. The summed E-state index contributed by atoms with van der Waals surface area (Å²) in [7, 11) is 0. The maximum Gasteiger partial charge on any atom is 0.449 e. The highest BCUT2D eigenvalue weighted by Crippen LogP contribution is 2.33. The zero-order valence-corrected chi connectivity index (χ0v) is 19.3. The maximum absolute atomic E-state index is 13.9. The van der Waals surface area contributed by atoms with Crippen molar-refractivity contribution in [2.45, 2.75) is 31.7 Å². The third kappa shape index (κ3) is 4.93. The Morgan fingerprint density at radius 2 is 1.72 bits per heavy atom. The lowest BCUT2D eigenvalue weighted by atomic mass is 10.0. The number of imidazole rings is 1. The summed E-state index contributed by atoms with van der Waals surface area (Å²) >= 11 is 1.44. The number of nitrogens with two attached hydrogens (primary N) is 1. The predicted octanol–water partition coefficient (Wildman–Crippen LogP) is 2.41. The lowest BCUT2D eigenvalue weighted by Crippen LogP contribution is -2.43. The number of alkyl halides is 3. The Kier molecular flexibility index (Phi) is 7.05. The fourth-order valence-electron chi connectivity index (χ4n) is 4.01. The van der Waals surface area contributed by atoms with E-state index >= 15 is 0 Å². The maximum atomic E-state index is 13.9. The number of amides is 2. The van der Waals surface area contributed by atoms with Crippen LogP contribution in [-0.4, -0.2) is 67.7 Å². The van der Waals surface area contributed by atoms with Crippen LogP contribution in [0.2, 0.25) is 0 Å². The van der Waals surface area contributed by atoms with Crippen LogP contribution in [0.5, 0.6) is 0 Å². The van der Waals surface area contributed by atoms with E-state index in [9.17, 15) is 40.7 Å². The lowest BCUT2D eigenvalue weighted by Gasteiger charge is -2.30. The number of carbonyl (C=O) groups is 3. The third-order valence-electron chi connectivity index (χ3n) is 5.86. The summed E-state index contributed by atoms with van der Waals surface area (Å²) in [6, 6.07) is -1.11. The number of halogens is 6. The van der Waals surface area contributed by atoms with Gasteiger partial charge in [0, 0.05) is 37.9 Å². The molecule has 1 fully saturated rings. The van der Waals surface area contributed by atoms with Gasteiger partial charge in [-0.3, -0.25) is 14.4 Å². The van der Waals surface area contributed by atoms with Crippen LogP contribution in [0, 0.1) is 17.5 Å². The molecule has 0 spiro atoms. The monoisotopic (exact) mass is 535 g/mol. The molecule has 0 saturated carbocycles. The van der Waals surface area contributed by atoms with Crippen molar-refractivity contribution in [2.75, 3.05) is 24.7 Å². The van der Waals surface area contributed by atoms with Gasteiger partial charge in [0.15, 0.2) is 23.1 Å². The van der Waals surface area contributed by atoms with Crippen LogP contribution < -0.4 is 5.73 Å². The number of benzene rings is 1. The van der Waals surface area contributed by atoms with Crippen molar-refractivity contribution >= 4 is 29.4 Å². The number of Topliss-reactive ketones (excluding diaryl/α,β-unsaturated/α-hetero) is 1. The third-order valence-corrected chi connectivity index (χ3v) is 6.83. The highest BCUT2D eigenvalue weighted by molar-refractivity contribution is 7.99. The molecule has 3 heterocycles. The van der Waals surface area contributed by atoms with Crippen LogP contribution in [0.25, 0.3) is 0 Å².